The van der Waals surface area contributed by atoms with Gasteiger partial charge in [-0.1, -0.05) is 12.1 Å². The van der Waals surface area contributed by atoms with Crippen molar-refractivity contribution < 1.29 is 0 Å². The standard InChI is InChI=1S/C29H29N7/c1-4-36(5-2)28-13-10-26(11-14-28)32-34-27-12-15-29(22(3)20-27)35-33-25-8-6-23(7-9-25)21-31-24-16-18-30-19-17-24/h6-21H,4-5H2,1-3H3. The molecular weight excluding hydrogens is 446 g/mol. The van der Waals surface area contributed by atoms with Crippen molar-refractivity contribution in [2.75, 3.05) is 18.0 Å². The second kappa shape index (κ2) is 12.3. The van der Waals surface area contributed by atoms with Crippen molar-refractivity contribution in [2.24, 2.45) is 25.4 Å². The molecule has 1 aromatic heterocycles. The smallest absolute Gasteiger partial charge is 0.0887 e. The van der Waals surface area contributed by atoms with Gasteiger partial charge < -0.3 is 4.90 Å². The molecule has 7 heteroatoms. The van der Waals surface area contributed by atoms with Crippen LogP contribution in [0.15, 0.2) is 117 Å². The summed E-state index contributed by atoms with van der Waals surface area (Å²) in [5, 5.41) is 17.5. The van der Waals surface area contributed by atoms with Crippen LogP contribution in [0.3, 0.4) is 0 Å². The third-order valence-electron chi connectivity index (χ3n) is 5.63. The van der Waals surface area contributed by atoms with Crippen LogP contribution < -0.4 is 4.90 Å². The van der Waals surface area contributed by atoms with Gasteiger partial charge >= 0.3 is 0 Å². The Kier molecular flexibility index (Phi) is 8.38. The molecular formula is C29H29N7. The van der Waals surface area contributed by atoms with Gasteiger partial charge in [0.25, 0.3) is 0 Å². The minimum atomic E-state index is 0.771. The number of hydrogen-bond acceptors (Lipinski definition) is 7. The lowest BCUT2D eigenvalue weighted by molar-refractivity contribution is 0.866. The zero-order chi connectivity index (χ0) is 25.2. The molecule has 7 nitrogen and oxygen atoms in total. The highest BCUT2D eigenvalue weighted by Gasteiger charge is 2.02. The Bertz CT molecular complexity index is 1340. The average molecular weight is 476 g/mol. The number of aliphatic imine (C=N–C) groups is 1. The summed E-state index contributed by atoms with van der Waals surface area (Å²) in [6.07, 6.45) is 5.26. The van der Waals surface area contributed by atoms with Crippen molar-refractivity contribution in [2.45, 2.75) is 20.8 Å². The molecule has 4 rings (SSSR count). The second-order valence-electron chi connectivity index (χ2n) is 8.11. The summed E-state index contributed by atoms with van der Waals surface area (Å²) in [5.74, 6) is 0. The van der Waals surface area contributed by atoms with Crippen LogP contribution in [-0.2, 0) is 0 Å². The minimum absolute atomic E-state index is 0.771. The molecule has 0 N–H and O–H groups in total. The first-order valence-electron chi connectivity index (χ1n) is 12.0. The highest BCUT2D eigenvalue weighted by molar-refractivity contribution is 5.82. The quantitative estimate of drug-likeness (QED) is 0.179. The van der Waals surface area contributed by atoms with Crippen molar-refractivity contribution in [3.63, 3.8) is 0 Å². The maximum atomic E-state index is 4.43. The fourth-order valence-corrected chi connectivity index (χ4v) is 3.57. The summed E-state index contributed by atoms with van der Waals surface area (Å²) in [7, 11) is 0. The van der Waals surface area contributed by atoms with Crippen LogP contribution in [-0.4, -0.2) is 24.3 Å². The molecule has 1 heterocycles. The molecule has 180 valence electrons. The summed E-state index contributed by atoms with van der Waals surface area (Å²) >= 11 is 0. The molecule has 3 aromatic carbocycles. The van der Waals surface area contributed by atoms with E-state index in [1.165, 1.54) is 5.69 Å². The van der Waals surface area contributed by atoms with E-state index < -0.39 is 0 Å². The van der Waals surface area contributed by atoms with Crippen LogP contribution in [0.25, 0.3) is 0 Å². The monoisotopic (exact) mass is 475 g/mol. The minimum Gasteiger partial charge on any atom is -0.372 e. The zero-order valence-corrected chi connectivity index (χ0v) is 20.8. The first-order chi connectivity index (χ1) is 17.6. The molecule has 0 aliphatic rings. The van der Waals surface area contributed by atoms with E-state index in [1.807, 2.05) is 79.9 Å². The summed E-state index contributed by atoms with van der Waals surface area (Å²) < 4.78 is 0. The van der Waals surface area contributed by atoms with Gasteiger partial charge in [0, 0.05) is 37.4 Å². The predicted octanol–water partition coefficient (Wildman–Crippen LogP) is 8.82. The maximum Gasteiger partial charge on any atom is 0.0887 e. The fraction of sp³-hybridized carbons (Fsp3) is 0.172. The topological polar surface area (TPSA) is 77.9 Å². The molecule has 0 aliphatic carbocycles. The Morgan fingerprint density at radius 3 is 1.89 bits per heavy atom. The summed E-state index contributed by atoms with van der Waals surface area (Å²) in [4.78, 5) is 10.7. The Morgan fingerprint density at radius 2 is 1.25 bits per heavy atom. The average Bonchev–Trinajstić information content (AvgIpc) is 2.93. The van der Waals surface area contributed by atoms with E-state index in [-0.39, 0.29) is 0 Å². The van der Waals surface area contributed by atoms with Gasteiger partial charge in [0.15, 0.2) is 0 Å². The SMILES string of the molecule is CCN(CC)c1ccc(N=Nc2ccc(N=Nc3ccc(C=Nc4ccncc4)cc3)c(C)c2)cc1. The van der Waals surface area contributed by atoms with Gasteiger partial charge in [-0.2, -0.15) is 20.5 Å². The van der Waals surface area contributed by atoms with E-state index in [0.29, 0.717) is 0 Å². The van der Waals surface area contributed by atoms with E-state index in [9.17, 15) is 0 Å². The van der Waals surface area contributed by atoms with Crippen molar-refractivity contribution >= 4 is 40.3 Å². The first kappa shape index (κ1) is 24.6. The van der Waals surface area contributed by atoms with Crippen LogP contribution in [0.4, 0.5) is 34.1 Å². The molecule has 0 atom stereocenters. The molecule has 0 aliphatic heterocycles. The largest absolute Gasteiger partial charge is 0.372 e. The van der Waals surface area contributed by atoms with Gasteiger partial charge in [0.1, 0.15) is 0 Å². The molecule has 4 aromatic rings. The highest BCUT2D eigenvalue weighted by Crippen LogP contribution is 2.28. The molecule has 36 heavy (non-hydrogen) atoms. The number of nitrogens with zero attached hydrogens (tertiary/aromatic N) is 7. The summed E-state index contributed by atoms with van der Waals surface area (Å²) in [5.41, 5.74) is 7.18. The van der Waals surface area contributed by atoms with Crippen LogP contribution in [0.1, 0.15) is 25.0 Å². The number of hydrogen-bond donors (Lipinski definition) is 0. The van der Waals surface area contributed by atoms with Gasteiger partial charge in [-0.25, -0.2) is 0 Å². The molecule has 0 spiro atoms. The molecule has 0 bridgehead atoms. The van der Waals surface area contributed by atoms with Gasteiger partial charge in [-0.05, 0) is 98.6 Å². The van der Waals surface area contributed by atoms with Crippen LogP contribution in [0, 0.1) is 6.92 Å². The molecule has 0 saturated carbocycles. The van der Waals surface area contributed by atoms with E-state index in [2.05, 4.69) is 61.3 Å². The normalized spacial score (nSPS) is 11.6. The summed E-state index contributed by atoms with van der Waals surface area (Å²) in [6.45, 7) is 8.26. The van der Waals surface area contributed by atoms with Crippen molar-refractivity contribution in [1.82, 2.24) is 4.98 Å². The third kappa shape index (κ3) is 6.76. The third-order valence-corrected chi connectivity index (χ3v) is 5.63. The Hall–Kier alpha value is -4.52. The Balaban J connectivity index is 1.37. The lowest BCUT2D eigenvalue weighted by Gasteiger charge is -2.20. The maximum absolute atomic E-state index is 4.43. The zero-order valence-electron chi connectivity index (χ0n) is 20.8. The van der Waals surface area contributed by atoms with Crippen LogP contribution in [0.2, 0.25) is 0 Å². The van der Waals surface area contributed by atoms with Gasteiger partial charge in [-0.3, -0.25) is 9.98 Å². The predicted molar refractivity (Wildman–Crippen MR) is 147 cm³/mol. The van der Waals surface area contributed by atoms with Crippen molar-refractivity contribution in [3.05, 3.63) is 102 Å². The number of rotatable bonds is 9. The molecule has 0 unspecified atom stereocenters. The fourth-order valence-electron chi connectivity index (χ4n) is 3.57. The van der Waals surface area contributed by atoms with Gasteiger partial charge in [-0.15, -0.1) is 0 Å². The number of anilines is 1. The van der Waals surface area contributed by atoms with E-state index in [1.54, 1.807) is 12.4 Å². The molecule has 0 radical (unpaired) electrons. The van der Waals surface area contributed by atoms with Crippen molar-refractivity contribution in [3.8, 4) is 0 Å². The van der Waals surface area contributed by atoms with Crippen molar-refractivity contribution in [1.29, 1.82) is 0 Å². The lowest BCUT2D eigenvalue weighted by Crippen LogP contribution is -2.21. The number of benzene rings is 3. The van der Waals surface area contributed by atoms with E-state index in [0.717, 1.165) is 52.7 Å². The summed E-state index contributed by atoms with van der Waals surface area (Å²) in [6, 6.07) is 25.4. The Morgan fingerprint density at radius 1 is 0.667 bits per heavy atom. The second-order valence-corrected chi connectivity index (χ2v) is 8.11. The molecule has 0 amide bonds. The highest BCUT2D eigenvalue weighted by atomic mass is 15.1. The number of pyridine rings is 1. The lowest BCUT2D eigenvalue weighted by atomic mass is 10.2. The number of aryl methyl sites for hydroxylation is 1. The van der Waals surface area contributed by atoms with Gasteiger partial charge in [0.2, 0.25) is 0 Å². The number of aromatic nitrogens is 1. The van der Waals surface area contributed by atoms with Gasteiger partial charge in [0.05, 0.1) is 28.4 Å². The van der Waals surface area contributed by atoms with E-state index >= 15 is 0 Å². The van der Waals surface area contributed by atoms with Crippen LogP contribution >= 0.6 is 0 Å². The molecule has 0 saturated heterocycles. The van der Waals surface area contributed by atoms with Crippen LogP contribution in [0.5, 0.6) is 0 Å². The number of azo groups is 2. The van der Waals surface area contributed by atoms with E-state index in [4.69, 9.17) is 0 Å². The molecule has 0 fully saturated rings. The first-order valence-corrected chi connectivity index (χ1v) is 12.0. The Labute approximate surface area is 212 Å².